The number of amides is 2. The Balaban J connectivity index is 1.74. The van der Waals surface area contributed by atoms with Gasteiger partial charge in [0.05, 0.1) is 36.5 Å². The van der Waals surface area contributed by atoms with Crippen LogP contribution in [-0.4, -0.2) is 26.7 Å². The Hall–Kier alpha value is -2.02. The molecule has 2 unspecified atom stereocenters. The summed E-state index contributed by atoms with van der Waals surface area (Å²) in [5, 5.41) is 0. The molecule has 1 saturated carbocycles. The molecule has 1 saturated heterocycles. The number of rotatable bonds is 3. The lowest BCUT2D eigenvalue weighted by Crippen LogP contribution is -2.32. The van der Waals surface area contributed by atoms with Gasteiger partial charge in [-0.3, -0.25) is 19.5 Å². The van der Waals surface area contributed by atoms with Crippen LogP contribution >= 0.6 is 0 Å². The van der Waals surface area contributed by atoms with Gasteiger partial charge in [-0.2, -0.15) is 0 Å². The van der Waals surface area contributed by atoms with Crippen LogP contribution in [0.3, 0.4) is 0 Å². The van der Waals surface area contributed by atoms with Gasteiger partial charge in [-0.1, -0.05) is 0 Å². The molecule has 0 radical (unpaired) electrons. The predicted molar refractivity (Wildman–Crippen MR) is 57.0 cm³/mol. The number of hydrogen-bond acceptors (Lipinski definition) is 6. The number of hydrazine groups is 1. The zero-order chi connectivity index (χ0) is 12.0. The van der Waals surface area contributed by atoms with Crippen molar-refractivity contribution in [3.8, 4) is 0 Å². The minimum Gasteiger partial charge on any atom is -0.307 e. The summed E-state index contributed by atoms with van der Waals surface area (Å²) in [6.07, 6.45) is 3.68. The van der Waals surface area contributed by atoms with Gasteiger partial charge in [0.1, 0.15) is 0 Å². The number of nitrogens with one attached hydrogen (secondary N) is 1. The van der Waals surface area contributed by atoms with Crippen molar-refractivity contribution in [2.75, 3.05) is 5.43 Å². The molecule has 2 amide bonds. The molecule has 1 aliphatic heterocycles. The van der Waals surface area contributed by atoms with Gasteiger partial charge < -0.3 is 5.43 Å². The molecule has 2 heterocycles. The van der Waals surface area contributed by atoms with Crippen LogP contribution < -0.4 is 11.3 Å². The summed E-state index contributed by atoms with van der Waals surface area (Å²) < 4.78 is 0. The van der Waals surface area contributed by atoms with Crippen LogP contribution in [0.5, 0.6) is 0 Å². The van der Waals surface area contributed by atoms with Gasteiger partial charge in [0.15, 0.2) is 5.82 Å². The van der Waals surface area contributed by atoms with Gasteiger partial charge >= 0.3 is 0 Å². The first kappa shape index (κ1) is 10.2. The molecule has 0 aromatic carbocycles. The highest BCUT2D eigenvalue weighted by Crippen LogP contribution is 2.47. The van der Waals surface area contributed by atoms with Crippen molar-refractivity contribution < 1.29 is 9.59 Å². The number of aromatic nitrogens is 2. The largest absolute Gasteiger partial charge is 0.307 e. The summed E-state index contributed by atoms with van der Waals surface area (Å²) in [5.41, 5.74) is 2.93. The molecule has 2 atom stereocenters. The average molecular weight is 233 g/mol. The number of nitrogens with two attached hydrogens (primary N) is 1. The predicted octanol–water partition coefficient (Wildman–Crippen LogP) is -0.733. The quantitative estimate of drug-likeness (QED) is 0.405. The first-order valence-corrected chi connectivity index (χ1v) is 5.33. The highest BCUT2D eigenvalue weighted by molar-refractivity contribution is 6.08. The number of hydrogen-bond donors (Lipinski definition) is 2. The Labute approximate surface area is 97.0 Å². The summed E-state index contributed by atoms with van der Waals surface area (Å²) in [4.78, 5) is 32.7. The van der Waals surface area contributed by atoms with E-state index in [-0.39, 0.29) is 30.2 Å². The third-order valence-electron chi connectivity index (χ3n) is 3.13. The van der Waals surface area contributed by atoms with Crippen molar-refractivity contribution in [3.63, 3.8) is 0 Å². The molecule has 3 rings (SSSR count). The molecule has 1 aliphatic carbocycles. The van der Waals surface area contributed by atoms with Crippen LogP contribution in [0.4, 0.5) is 5.82 Å². The fourth-order valence-electron chi connectivity index (χ4n) is 2.08. The maximum Gasteiger partial charge on any atom is 0.233 e. The number of imide groups is 1. The number of carbonyl (C=O) groups excluding carboxylic acids is 2. The van der Waals surface area contributed by atoms with Crippen molar-refractivity contribution >= 4 is 17.6 Å². The Bertz CT molecular complexity index is 466. The van der Waals surface area contributed by atoms with Crippen molar-refractivity contribution in [1.29, 1.82) is 0 Å². The van der Waals surface area contributed by atoms with E-state index in [0.29, 0.717) is 11.5 Å². The Morgan fingerprint density at radius 3 is 2.53 bits per heavy atom. The van der Waals surface area contributed by atoms with Crippen LogP contribution in [-0.2, 0) is 16.1 Å². The zero-order valence-electron chi connectivity index (χ0n) is 8.96. The summed E-state index contributed by atoms with van der Waals surface area (Å²) in [5.74, 6) is 5.30. The maximum absolute atomic E-state index is 11.7. The number of nitrogen functional groups attached to an aromatic ring is 1. The lowest BCUT2D eigenvalue weighted by atomic mass is 10.3. The Morgan fingerprint density at radius 1 is 1.29 bits per heavy atom. The minimum absolute atomic E-state index is 0.0690. The molecule has 7 heteroatoms. The topological polar surface area (TPSA) is 101 Å². The van der Waals surface area contributed by atoms with E-state index < -0.39 is 0 Å². The number of nitrogens with zero attached hydrogens (tertiary/aromatic N) is 3. The first-order chi connectivity index (χ1) is 8.20. The average Bonchev–Trinajstić information content (AvgIpc) is 3.11. The number of piperidine rings is 1. The van der Waals surface area contributed by atoms with E-state index in [0.717, 1.165) is 6.42 Å². The van der Waals surface area contributed by atoms with E-state index in [1.165, 1.54) is 17.3 Å². The molecule has 1 aromatic heterocycles. The van der Waals surface area contributed by atoms with Gasteiger partial charge in [0.25, 0.3) is 0 Å². The van der Waals surface area contributed by atoms with Gasteiger partial charge in [-0.25, -0.2) is 10.8 Å². The third-order valence-corrected chi connectivity index (χ3v) is 3.13. The molecule has 17 heavy (non-hydrogen) atoms. The van der Waals surface area contributed by atoms with E-state index >= 15 is 0 Å². The van der Waals surface area contributed by atoms with Gasteiger partial charge in [-0.05, 0) is 6.42 Å². The molecule has 3 N–H and O–H groups in total. The summed E-state index contributed by atoms with van der Waals surface area (Å²) in [6, 6.07) is 0. The summed E-state index contributed by atoms with van der Waals surface area (Å²) >= 11 is 0. The molecule has 0 bridgehead atoms. The van der Waals surface area contributed by atoms with Crippen molar-refractivity contribution in [1.82, 2.24) is 14.9 Å². The highest BCUT2D eigenvalue weighted by Gasteiger charge is 2.58. The monoisotopic (exact) mass is 233 g/mol. The molecule has 2 fully saturated rings. The van der Waals surface area contributed by atoms with Crippen LogP contribution in [0.15, 0.2) is 12.4 Å². The smallest absolute Gasteiger partial charge is 0.233 e. The highest BCUT2D eigenvalue weighted by atomic mass is 16.2. The van der Waals surface area contributed by atoms with Crippen LogP contribution in [0.25, 0.3) is 0 Å². The van der Waals surface area contributed by atoms with E-state index in [1.54, 1.807) is 0 Å². The van der Waals surface area contributed by atoms with Gasteiger partial charge in [-0.15, -0.1) is 0 Å². The zero-order valence-corrected chi connectivity index (χ0v) is 8.96. The van der Waals surface area contributed by atoms with Crippen molar-refractivity contribution in [2.45, 2.75) is 13.0 Å². The lowest BCUT2D eigenvalue weighted by molar-refractivity contribution is -0.142. The third kappa shape index (κ3) is 1.55. The van der Waals surface area contributed by atoms with E-state index in [1.807, 2.05) is 0 Å². The first-order valence-electron chi connectivity index (χ1n) is 5.33. The second-order valence-corrected chi connectivity index (χ2v) is 4.25. The molecular formula is C10H11N5O2. The molecular weight excluding hydrogens is 222 g/mol. The lowest BCUT2D eigenvalue weighted by Gasteiger charge is -2.15. The van der Waals surface area contributed by atoms with E-state index in [9.17, 15) is 9.59 Å². The number of carbonyl (C=O) groups is 2. The molecule has 7 nitrogen and oxygen atoms in total. The molecule has 1 aromatic rings. The van der Waals surface area contributed by atoms with Crippen LogP contribution in [0.2, 0.25) is 0 Å². The standard InChI is InChI=1S/C10H11N5O2/c11-14-8-3-12-5(2-13-8)4-15-9(16)6-1-7(6)10(15)17/h2-3,6-7H,1,4,11H2,(H,13,14). The second kappa shape index (κ2) is 3.49. The molecule has 2 aliphatic rings. The second-order valence-electron chi connectivity index (χ2n) is 4.25. The minimum atomic E-state index is -0.0807. The van der Waals surface area contributed by atoms with E-state index in [2.05, 4.69) is 15.4 Å². The van der Waals surface area contributed by atoms with Gasteiger partial charge in [0.2, 0.25) is 11.8 Å². The van der Waals surface area contributed by atoms with Gasteiger partial charge in [0, 0.05) is 0 Å². The van der Waals surface area contributed by atoms with Crippen LogP contribution in [0.1, 0.15) is 12.1 Å². The Morgan fingerprint density at radius 2 is 2.00 bits per heavy atom. The normalized spacial score (nSPS) is 26.1. The van der Waals surface area contributed by atoms with Crippen molar-refractivity contribution in [3.05, 3.63) is 18.1 Å². The fraction of sp³-hybridized carbons (Fsp3) is 0.400. The summed E-state index contributed by atoms with van der Waals surface area (Å²) in [7, 11) is 0. The molecule has 88 valence electrons. The fourth-order valence-corrected chi connectivity index (χ4v) is 2.08. The SMILES string of the molecule is NNc1cnc(CN2C(=O)C3CC3C2=O)cn1. The maximum atomic E-state index is 11.7. The van der Waals surface area contributed by atoms with Crippen molar-refractivity contribution in [2.24, 2.45) is 17.7 Å². The molecule has 0 spiro atoms. The van der Waals surface area contributed by atoms with E-state index in [4.69, 9.17) is 5.84 Å². The Kier molecular flexibility index (Phi) is 2.08. The number of fused-ring (bicyclic) bond motifs is 1. The summed E-state index contributed by atoms with van der Waals surface area (Å²) in [6.45, 7) is 0.197. The number of likely N-dealkylation sites (tertiary alicyclic amines) is 1. The van der Waals surface area contributed by atoms with Crippen LogP contribution in [0, 0.1) is 11.8 Å². The number of anilines is 1.